The molecule has 2 N–H and O–H groups in total. The Morgan fingerprint density at radius 1 is 1.00 bits per heavy atom. The normalized spacial score (nSPS) is 14.3. The molecule has 0 aromatic heterocycles. The van der Waals surface area contributed by atoms with Crippen LogP contribution >= 0.6 is 11.6 Å². The van der Waals surface area contributed by atoms with Crippen molar-refractivity contribution in [2.45, 2.75) is 12.5 Å². The van der Waals surface area contributed by atoms with E-state index in [0.717, 1.165) is 0 Å². The molecule has 0 amide bonds. The molecule has 4 heteroatoms. The molecular weight excluding hydrogens is 256 g/mol. The Morgan fingerprint density at radius 2 is 1.50 bits per heavy atom. The molecule has 0 saturated heterocycles. The molecular formula is C14H12ClF2N. The first-order valence-corrected chi connectivity index (χ1v) is 5.80. The molecule has 0 aliphatic carbocycles. The molecule has 0 aliphatic heterocycles. The van der Waals surface area contributed by atoms with Crippen LogP contribution in [0.3, 0.4) is 0 Å². The summed E-state index contributed by atoms with van der Waals surface area (Å²) >= 11 is 5.78. The van der Waals surface area contributed by atoms with Crippen molar-refractivity contribution in [1.82, 2.24) is 0 Å². The number of halogens is 3. The molecule has 2 rings (SSSR count). The number of rotatable bonds is 2. The summed E-state index contributed by atoms with van der Waals surface area (Å²) in [6.45, 7) is 1.57. The summed E-state index contributed by atoms with van der Waals surface area (Å²) in [5, 5.41) is 0.545. The summed E-state index contributed by atoms with van der Waals surface area (Å²) in [5.41, 5.74) is 5.29. The smallest absolute Gasteiger partial charge is 0.131 e. The summed E-state index contributed by atoms with van der Waals surface area (Å²) in [6, 6.07) is 10.3. The molecule has 1 nitrogen and oxygen atoms in total. The zero-order valence-corrected chi connectivity index (χ0v) is 10.5. The third-order valence-electron chi connectivity index (χ3n) is 2.93. The van der Waals surface area contributed by atoms with E-state index in [-0.39, 0.29) is 5.56 Å². The van der Waals surface area contributed by atoms with Gasteiger partial charge in [-0.15, -0.1) is 0 Å². The Hall–Kier alpha value is -1.45. The molecule has 0 aliphatic rings. The summed E-state index contributed by atoms with van der Waals surface area (Å²) in [4.78, 5) is 0. The van der Waals surface area contributed by atoms with E-state index >= 15 is 0 Å². The highest BCUT2D eigenvalue weighted by molar-refractivity contribution is 6.30. The third-order valence-corrected chi connectivity index (χ3v) is 3.18. The fraction of sp³-hybridized carbons (Fsp3) is 0.143. The van der Waals surface area contributed by atoms with Gasteiger partial charge in [0.2, 0.25) is 0 Å². The first kappa shape index (κ1) is 13.0. The SMILES string of the molecule is CC(N)(c1ccc(Cl)cc1)c1c(F)cccc1F. The minimum absolute atomic E-state index is 0.146. The molecule has 1 unspecified atom stereocenters. The van der Waals surface area contributed by atoms with Crippen LogP contribution in [0, 0.1) is 11.6 Å². The molecule has 0 bridgehead atoms. The number of hydrogen-bond acceptors (Lipinski definition) is 1. The van der Waals surface area contributed by atoms with Gasteiger partial charge in [-0.2, -0.15) is 0 Å². The van der Waals surface area contributed by atoms with Crippen molar-refractivity contribution in [1.29, 1.82) is 0 Å². The van der Waals surface area contributed by atoms with Crippen LogP contribution in [0.5, 0.6) is 0 Å². The Labute approximate surface area is 109 Å². The van der Waals surface area contributed by atoms with Crippen molar-refractivity contribution in [2.75, 3.05) is 0 Å². The van der Waals surface area contributed by atoms with Gasteiger partial charge in [0, 0.05) is 10.6 Å². The second-order valence-corrected chi connectivity index (χ2v) is 4.74. The van der Waals surface area contributed by atoms with Crippen molar-refractivity contribution >= 4 is 11.6 Å². The van der Waals surface area contributed by atoms with Crippen molar-refractivity contribution in [2.24, 2.45) is 5.73 Å². The molecule has 0 radical (unpaired) electrons. The van der Waals surface area contributed by atoms with Crippen LogP contribution in [0.1, 0.15) is 18.1 Å². The lowest BCUT2D eigenvalue weighted by molar-refractivity contribution is 0.482. The molecule has 0 saturated carbocycles. The van der Waals surface area contributed by atoms with Gasteiger partial charge in [0.25, 0.3) is 0 Å². The molecule has 2 aromatic rings. The van der Waals surface area contributed by atoms with Gasteiger partial charge >= 0.3 is 0 Å². The van der Waals surface area contributed by atoms with E-state index in [4.69, 9.17) is 17.3 Å². The van der Waals surface area contributed by atoms with E-state index in [1.807, 2.05) is 0 Å². The highest BCUT2D eigenvalue weighted by Crippen LogP contribution is 2.31. The van der Waals surface area contributed by atoms with Gasteiger partial charge in [-0.3, -0.25) is 0 Å². The molecule has 18 heavy (non-hydrogen) atoms. The van der Waals surface area contributed by atoms with E-state index in [2.05, 4.69) is 0 Å². The highest BCUT2D eigenvalue weighted by atomic mass is 35.5. The van der Waals surface area contributed by atoms with Gasteiger partial charge in [0.1, 0.15) is 11.6 Å². The van der Waals surface area contributed by atoms with Crippen molar-refractivity contribution < 1.29 is 8.78 Å². The second kappa shape index (κ2) is 4.67. The largest absolute Gasteiger partial charge is 0.318 e. The van der Waals surface area contributed by atoms with Crippen LogP contribution in [0.2, 0.25) is 5.02 Å². The zero-order valence-electron chi connectivity index (χ0n) is 9.75. The second-order valence-electron chi connectivity index (χ2n) is 4.31. The van der Waals surface area contributed by atoms with Gasteiger partial charge in [0.05, 0.1) is 5.54 Å². The average molecular weight is 268 g/mol. The maximum absolute atomic E-state index is 13.8. The Morgan fingerprint density at radius 3 is 2.00 bits per heavy atom. The predicted octanol–water partition coefficient (Wildman–Crippen LogP) is 3.84. The topological polar surface area (TPSA) is 26.0 Å². The van der Waals surface area contributed by atoms with E-state index in [0.29, 0.717) is 10.6 Å². The van der Waals surface area contributed by atoms with Crippen molar-refractivity contribution in [3.63, 3.8) is 0 Å². The Kier molecular flexibility index (Phi) is 3.37. The summed E-state index contributed by atoms with van der Waals surface area (Å²) < 4.78 is 27.5. The summed E-state index contributed by atoms with van der Waals surface area (Å²) in [5.74, 6) is -1.31. The first-order chi connectivity index (χ1) is 8.43. The minimum atomic E-state index is -1.25. The fourth-order valence-electron chi connectivity index (χ4n) is 1.93. The molecule has 0 spiro atoms. The maximum atomic E-state index is 13.8. The lowest BCUT2D eigenvalue weighted by atomic mass is 9.85. The Bertz CT molecular complexity index is 544. The predicted molar refractivity (Wildman–Crippen MR) is 68.5 cm³/mol. The third kappa shape index (κ3) is 2.24. The summed E-state index contributed by atoms with van der Waals surface area (Å²) in [7, 11) is 0. The van der Waals surface area contributed by atoms with Crippen LogP contribution in [-0.2, 0) is 5.54 Å². The molecule has 0 heterocycles. The lowest BCUT2D eigenvalue weighted by Gasteiger charge is -2.26. The average Bonchev–Trinajstić information content (AvgIpc) is 2.29. The maximum Gasteiger partial charge on any atom is 0.131 e. The van der Waals surface area contributed by atoms with Gasteiger partial charge in [0.15, 0.2) is 0 Å². The molecule has 0 fully saturated rings. The molecule has 94 valence electrons. The van der Waals surface area contributed by atoms with Crippen molar-refractivity contribution in [3.05, 3.63) is 70.2 Å². The first-order valence-electron chi connectivity index (χ1n) is 5.42. The number of nitrogens with two attached hydrogens (primary N) is 1. The summed E-state index contributed by atoms with van der Waals surface area (Å²) in [6.07, 6.45) is 0. The monoisotopic (exact) mass is 267 g/mol. The van der Waals surface area contributed by atoms with Crippen LogP contribution in [0.15, 0.2) is 42.5 Å². The standard InChI is InChI=1S/C14H12ClF2N/c1-14(18,9-5-7-10(15)8-6-9)13-11(16)3-2-4-12(13)17/h2-8H,18H2,1H3. The van der Waals surface area contributed by atoms with E-state index in [1.54, 1.807) is 31.2 Å². The zero-order chi connectivity index (χ0) is 13.3. The quantitative estimate of drug-likeness (QED) is 0.879. The van der Waals surface area contributed by atoms with E-state index in [9.17, 15) is 8.78 Å². The fourth-order valence-corrected chi connectivity index (χ4v) is 2.06. The van der Waals surface area contributed by atoms with Gasteiger partial charge in [-0.25, -0.2) is 8.78 Å². The van der Waals surface area contributed by atoms with Gasteiger partial charge < -0.3 is 5.73 Å². The van der Waals surface area contributed by atoms with Crippen molar-refractivity contribution in [3.8, 4) is 0 Å². The number of hydrogen-bond donors (Lipinski definition) is 1. The van der Waals surface area contributed by atoms with Crippen LogP contribution in [-0.4, -0.2) is 0 Å². The highest BCUT2D eigenvalue weighted by Gasteiger charge is 2.30. The molecule has 1 atom stereocenters. The lowest BCUT2D eigenvalue weighted by Crippen LogP contribution is -2.36. The van der Waals surface area contributed by atoms with Crippen LogP contribution in [0.25, 0.3) is 0 Å². The van der Waals surface area contributed by atoms with E-state index < -0.39 is 17.2 Å². The van der Waals surface area contributed by atoms with Gasteiger partial charge in [-0.1, -0.05) is 29.8 Å². The molecule has 2 aromatic carbocycles. The number of benzene rings is 2. The minimum Gasteiger partial charge on any atom is -0.318 e. The Balaban J connectivity index is 2.57. The van der Waals surface area contributed by atoms with Crippen LogP contribution in [0.4, 0.5) is 8.78 Å². The van der Waals surface area contributed by atoms with Crippen LogP contribution < -0.4 is 5.73 Å². The van der Waals surface area contributed by atoms with E-state index in [1.165, 1.54) is 18.2 Å². The van der Waals surface area contributed by atoms with Gasteiger partial charge in [-0.05, 0) is 36.8 Å².